The van der Waals surface area contributed by atoms with Crippen molar-refractivity contribution >= 4 is 33.5 Å². The normalized spacial score (nSPS) is 18.9. The number of nitrogens with zero attached hydrogens (tertiary/aromatic N) is 1. The lowest BCUT2D eigenvalue weighted by atomic mass is 10.1. The molecule has 2 rings (SSSR count). The molecule has 6 nitrogen and oxygen atoms in total. The molecule has 0 radical (unpaired) electrons. The summed E-state index contributed by atoms with van der Waals surface area (Å²) in [6.07, 6.45) is -0.440. The van der Waals surface area contributed by atoms with Crippen LogP contribution in [0.1, 0.15) is 16.8 Å². The number of amides is 1. The first-order valence-corrected chi connectivity index (χ1v) is 6.94. The fraction of sp³-hybridized carbons (Fsp3) is 0.385. The number of aliphatic carboxylic acids is 1. The van der Waals surface area contributed by atoms with E-state index in [4.69, 9.17) is 15.6 Å². The third kappa shape index (κ3) is 3.49. The molecule has 3 N–H and O–H groups in total. The number of carboxylic acids is 1. The molecule has 1 saturated heterocycles. The lowest BCUT2D eigenvalue weighted by molar-refractivity contribution is -0.140. The lowest BCUT2D eigenvalue weighted by Gasteiger charge is -2.34. The zero-order valence-electron chi connectivity index (χ0n) is 10.7. The van der Waals surface area contributed by atoms with Gasteiger partial charge in [0.05, 0.1) is 24.7 Å². The van der Waals surface area contributed by atoms with E-state index in [1.165, 1.54) is 0 Å². The molecule has 0 aromatic heterocycles. The first-order chi connectivity index (χ1) is 9.47. The molecule has 1 unspecified atom stereocenters. The minimum atomic E-state index is -0.900. The third-order valence-electron chi connectivity index (χ3n) is 3.11. The van der Waals surface area contributed by atoms with Gasteiger partial charge >= 0.3 is 5.97 Å². The summed E-state index contributed by atoms with van der Waals surface area (Å²) >= 11 is 3.30. The molecule has 1 aliphatic rings. The molecule has 108 valence electrons. The second-order valence-electron chi connectivity index (χ2n) is 4.56. The molecule has 1 amide bonds. The zero-order chi connectivity index (χ0) is 14.7. The number of carboxylic acid groups (broad SMARTS) is 1. The minimum absolute atomic E-state index is 0.0566. The van der Waals surface area contributed by atoms with Crippen LogP contribution in [0.15, 0.2) is 22.7 Å². The van der Waals surface area contributed by atoms with Crippen molar-refractivity contribution in [1.29, 1.82) is 0 Å². The number of ether oxygens (including phenoxy) is 1. The van der Waals surface area contributed by atoms with Gasteiger partial charge in [-0.3, -0.25) is 9.59 Å². The second-order valence-corrected chi connectivity index (χ2v) is 5.48. The molecular weight excluding hydrogens is 328 g/mol. The number of rotatable bonds is 4. The van der Waals surface area contributed by atoms with Crippen molar-refractivity contribution in [1.82, 2.24) is 0 Å². The van der Waals surface area contributed by atoms with Crippen LogP contribution in [0.2, 0.25) is 0 Å². The van der Waals surface area contributed by atoms with Crippen molar-refractivity contribution in [3.63, 3.8) is 0 Å². The van der Waals surface area contributed by atoms with Crippen molar-refractivity contribution in [3.8, 4) is 0 Å². The summed E-state index contributed by atoms with van der Waals surface area (Å²) in [6, 6.07) is 5.29. The largest absolute Gasteiger partial charge is 0.481 e. The quantitative estimate of drug-likeness (QED) is 0.858. The van der Waals surface area contributed by atoms with Gasteiger partial charge in [-0.2, -0.15) is 0 Å². The topological polar surface area (TPSA) is 92.9 Å². The number of primary amides is 1. The van der Waals surface area contributed by atoms with Crippen LogP contribution in [0.4, 0.5) is 5.69 Å². The Labute approximate surface area is 124 Å². The molecule has 7 heteroatoms. The van der Waals surface area contributed by atoms with Crippen LogP contribution in [0.25, 0.3) is 0 Å². The van der Waals surface area contributed by atoms with Crippen LogP contribution >= 0.6 is 15.9 Å². The Bertz CT molecular complexity index is 535. The number of anilines is 1. The van der Waals surface area contributed by atoms with Crippen LogP contribution in [-0.2, 0) is 9.53 Å². The molecule has 0 aliphatic carbocycles. The van der Waals surface area contributed by atoms with E-state index in [1.807, 2.05) is 11.0 Å². The number of halogens is 1. The average molecular weight is 343 g/mol. The number of morpholine rings is 1. The maximum atomic E-state index is 11.5. The first kappa shape index (κ1) is 14.8. The standard InChI is InChI=1S/C13H15BrN2O4/c14-8-1-2-11(10(5-8)13(15)19)16-3-4-20-9(7-16)6-12(17)18/h1-2,5,9H,3-4,6-7H2,(H2,15,19)(H,17,18). The maximum absolute atomic E-state index is 11.5. The summed E-state index contributed by atoms with van der Waals surface area (Å²) < 4.78 is 6.19. The zero-order valence-corrected chi connectivity index (χ0v) is 12.3. The van der Waals surface area contributed by atoms with E-state index < -0.39 is 11.9 Å². The lowest BCUT2D eigenvalue weighted by Crippen LogP contribution is -2.44. The van der Waals surface area contributed by atoms with Gasteiger partial charge in [-0.1, -0.05) is 15.9 Å². The molecule has 0 saturated carbocycles. The summed E-state index contributed by atoms with van der Waals surface area (Å²) in [5.41, 5.74) is 6.51. The Morgan fingerprint density at radius 1 is 1.50 bits per heavy atom. The predicted octanol–water partition coefficient (Wildman–Crippen LogP) is 1.23. The SMILES string of the molecule is NC(=O)c1cc(Br)ccc1N1CCOC(CC(=O)O)C1. The van der Waals surface area contributed by atoms with E-state index in [0.717, 1.165) is 4.47 Å². The molecule has 1 aliphatic heterocycles. The van der Waals surface area contributed by atoms with E-state index in [0.29, 0.717) is 30.9 Å². The highest BCUT2D eigenvalue weighted by molar-refractivity contribution is 9.10. The van der Waals surface area contributed by atoms with Crippen molar-refractivity contribution < 1.29 is 19.4 Å². The van der Waals surface area contributed by atoms with Crippen LogP contribution in [0.5, 0.6) is 0 Å². The van der Waals surface area contributed by atoms with E-state index >= 15 is 0 Å². The molecule has 1 atom stereocenters. The van der Waals surface area contributed by atoms with Crippen LogP contribution in [0.3, 0.4) is 0 Å². The smallest absolute Gasteiger partial charge is 0.306 e. The third-order valence-corrected chi connectivity index (χ3v) is 3.60. The van der Waals surface area contributed by atoms with Crippen molar-refractivity contribution in [2.75, 3.05) is 24.6 Å². The number of hydrogen-bond donors (Lipinski definition) is 2. The Kier molecular flexibility index (Phi) is 4.61. The van der Waals surface area contributed by atoms with E-state index in [2.05, 4.69) is 15.9 Å². The molecule has 1 heterocycles. The highest BCUT2D eigenvalue weighted by Gasteiger charge is 2.25. The second kappa shape index (κ2) is 6.23. The molecular formula is C13H15BrN2O4. The first-order valence-electron chi connectivity index (χ1n) is 6.15. The molecule has 0 spiro atoms. The van der Waals surface area contributed by atoms with Crippen LogP contribution < -0.4 is 10.6 Å². The summed E-state index contributed by atoms with van der Waals surface area (Å²) in [7, 11) is 0. The molecule has 20 heavy (non-hydrogen) atoms. The summed E-state index contributed by atoms with van der Waals surface area (Å²) in [6.45, 7) is 1.44. The Morgan fingerprint density at radius 3 is 2.90 bits per heavy atom. The average Bonchev–Trinajstić information content (AvgIpc) is 2.38. The van der Waals surface area contributed by atoms with Gasteiger partial charge in [0, 0.05) is 23.2 Å². The molecule has 1 aromatic carbocycles. The van der Waals surface area contributed by atoms with Crippen molar-refractivity contribution in [2.45, 2.75) is 12.5 Å². The highest BCUT2D eigenvalue weighted by atomic mass is 79.9. The Morgan fingerprint density at radius 2 is 2.25 bits per heavy atom. The predicted molar refractivity (Wildman–Crippen MR) is 76.9 cm³/mol. The summed E-state index contributed by atoms with van der Waals surface area (Å²) in [4.78, 5) is 24.2. The molecule has 1 aromatic rings. The van der Waals surface area contributed by atoms with Gasteiger partial charge in [-0.15, -0.1) is 0 Å². The number of benzene rings is 1. The van der Waals surface area contributed by atoms with E-state index in [9.17, 15) is 9.59 Å². The van der Waals surface area contributed by atoms with E-state index in [1.54, 1.807) is 12.1 Å². The number of nitrogens with two attached hydrogens (primary N) is 1. The maximum Gasteiger partial charge on any atom is 0.306 e. The van der Waals surface area contributed by atoms with Gasteiger partial charge in [-0.05, 0) is 18.2 Å². The van der Waals surface area contributed by atoms with Gasteiger partial charge in [0.15, 0.2) is 0 Å². The van der Waals surface area contributed by atoms with Gasteiger partial charge in [0.1, 0.15) is 0 Å². The fourth-order valence-corrected chi connectivity index (χ4v) is 2.60. The highest BCUT2D eigenvalue weighted by Crippen LogP contribution is 2.26. The van der Waals surface area contributed by atoms with E-state index in [-0.39, 0.29) is 12.5 Å². The van der Waals surface area contributed by atoms with Crippen molar-refractivity contribution in [2.24, 2.45) is 5.73 Å². The number of carbonyl (C=O) groups excluding carboxylic acids is 1. The van der Waals surface area contributed by atoms with Gasteiger partial charge in [-0.25, -0.2) is 0 Å². The monoisotopic (exact) mass is 342 g/mol. The fourth-order valence-electron chi connectivity index (χ4n) is 2.24. The van der Waals surface area contributed by atoms with Crippen molar-refractivity contribution in [3.05, 3.63) is 28.2 Å². The van der Waals surface area contributed by atoms with Crippen LogP contribution in [-0.4, -0.2) is 42.8 Å². The van der Waals surface area contributed by atoms with Gasteiger partial charge in [0.2, 0.25) is 0 Å². The number of carbonyl (C=O) groups is 2. The molecule has 1 fully saturated rings. The van der Waals surface area contributed by atoms with Gasteiger partial charge < -0.3 is 20.5 Å². The Balaban J connectivity index is 2.22. The van der Waals surface area contributed by atoms with Gasteiger partial charge in [0.25, 0.3) is 5.91 Å². The van der Waals surface area contributed by atoms with Crippen LogP contribution in [0, 0.1) is 0 Å². The minimum Gasteiger partial charge on any atom is -0.481 e. The Hall–Kier alpha value is -1.60. The summed E-state index contributed by atoms with van der Waals surface area (Å²) in [5, 5.41) is 8.82. The molecule has 0 bridgehead atoms. The summed E-state index contributed by atoms with van der Waals surface area (Å²) in [5.74, 6) is -1.41. The number of hydrogen-bond acceptors (Lipinski definition) is 4.